The van der Waals surface area contributed by atoms with Gasteiger partial charge in [0.15, 0.2) is 0 Å². The van der Waals surface area contributed by atoms with Gasteiger partial charge >= 0.3 is 5.97 Å². The molecule has 0 aliphatic carbocycles. The van der Waals surface area contributed by atoms with Crippen LogP contribution in [0.3, 0.4) is 0 Å². The van der Waals surface area contributed by atoms with Gasteiger partial charge in [-0.15, -0.1) is 11.8 Å². The van der Waals surface area contributed by atoms with E-state index in [1.807, 2.05) is 54.2 Å². The lowest BCUT2D eigenvalue weighted by Crippen LogP contribution is -2.08. The number of benzene rings is 2. The largest absolute Gasteiger partial charge is 0.423 e. The van der Waals surface area contributed by atoms with Crippen molar-refractivity contribution in [2.45, 2.75) is 76.0 Å². The molecule has 0 atom stereocenters. The van der Waals surface area contributed by atoms with E-state index in [9.17, 15) is 4.79 Å². The zero-order chi connectivity index (χ0) is 19.9. The van der Waals surface area contributed by atoms with Crippen LogP contribution >= 0.6 is 11.8 Å². The summed E-state index contributed by atoms with van der Waals surface area (Å²) in [6.07, 6.45) is 13.7. The number of thioether (sulfide) groups is 1. The van der Waals surface area contributed by atoms with Crippen LogP contribution in [0.25, 0.3) is 0 Å². The van der Waals surface area contributed by atoms with Crippen LogP contribution < -0.4 is 4.74 Å². The summed E-state index contributed by atoms with van der Waals surface area (Å²) >= 11 is 1.87. The van der Waals surface area contributed by atoms with Gasteiger partial charge in [0.25, 0.3) is 0 Å². The average molecular weight is 399 g/mol. The molecule has 0 N–H and O–H groups in total. The highest BCUT2D eigenvalue weighted by Crippen LogP contribution is 2.21. The molecule has 152 valence electrons. The predicted molar refractivity (Wildman–Crippen MR) is 120 cm³/mol. The van der Waals surface area contributed by atoms with Crippen LogP contribution in [0.5, 0.6) is 5.75 Å². The van der Waals surface area contributed by atoms with Crippen molar-refractivity contribution in [3.8, 4) is 5.75 Å². The molecule has 2 aromatic rings. The van der Waals surface area contributed by atoms with Gasteiger partial charge in [-0.3, -0.25) is 0 Å². The van der Waals surface area contributed by atoms with Crippen molar-refractivity contribution in [3.63, 3.8) is 0 Å². The molecule has 0 heterocycles. The summed E-state index contributed by atoms with van der Waals surface area (Å²) in [6, 6.07) is 16.9. The Morgan fingerprint density at radius 1 is 0.750 bits per heavy atom. The van der Waals surface area contributed by atoms with Gasteiger partial charge in [-0.2, -0.15) is 0 Å². The molecule has 28 heavy (non-hydrogen) atoms. The highest BCUT2D eigenvalue weighted by molar-refractivity contribution is 7.99. The molecule has 0 radical (unpaired) electrons. The van der Waals surface area contributed by atoms with Crippen molar-refractivity contribution in [3.05, 3.63) is 60.2 Å². The van der Waals surface area contributed by atoms with Gasteiger partial charge in [0.1, 0.15) is 5.75 Å². The third-order valence-electron chi connectivity index (χ3n) is 4.81. The smallest absolute Gasteiger partial charge is 0.343 e. The van der Waals surface area contributed by atoms with Gasteiger partial charge in [-0.1, -0.05) is 82.9 Å². The normalized spacial score (nSPS) is 10.8. The summed E-state index contributed by atoms with van der Waals surface area (Å²) in [5.41, 5.74) is 0.590. The fourth-order valence-corrected chi connectivity index (χ4v) is 4.03. The van der Waals surface area contributed by atoms with E-state index in [1.165, 1.54) is 69.1 Å². The molecule has 0 bridgehead atoms. The van der Waals surface area contributed by atoms with Crippen LogP contribution in [-0.2, 0) is 0 Å². The predicted octanol–water partition coefficient (Wildman–Crippen LogP) is 7.92. The first-order chi connectivity index (χ1) is 13.8. The first-order valence-electron chi connectivity index (χ1n) is 10.8. The third-order valence-corrected chi connectivity index (χ3v) is 5.91. The molecule has 0 amide bonds. The summed E-state index contributed by atoms with van der Waals surface area (Å²) in [7, 11) is 0. The zero-order valence-corrected chi connectivity index (χ0v) is 18.0. The lowest BCUT2D eigenvalue weighted by atomic mass is 10.1. The summed E-state index contributed by atoms with van der Waals surface area (Å²) in [5.74, 6) is 1.41. The van der Waals surface area contributed by atoms with Gasteiger partial charge in [-0.05, 0) is 48.6 Å². The second kappa shape index (κ2) is 14.3. The fourth-order valence-electron chi connectivity index (χ4n) is 3.12. The Balaban J connectivity index is 1.54. The molecule has 0 fully saturated rings. The van der Waals surface area contributed by atoms with Crippen LogP contribution in [0.15, 0.2) is 59.5 Å². The Bertz CT molecular complexity index is 652. The van der Waals surface area contributed by atoms with Gasteiger partial charge < -0.3 is 4.74 Å². The minimum atomic E-state index is -0.308. The van der Waals surface area contributed by atoms with E-state index in [4.69, 9.17) is 4.74 Å². The van der Waals surface area contributed by atoms with Crippen LogP contribution in [0, 0.1) is 0 Å². The molecular weight excluding hydrogens is 364 g/mol. The Hall–Kier alpha value is -1.74. The van der Waals surface area contributed by atoms with Gasteiger partial charge in [-0.25, -0.2) is 4.79 Å². The molecule has 0 spiro atoms. The van der Waals surface area contributed by atoms with E-state index in [2.05, 4.69) is 6.92 Å². The molecule has 0 aliphatic heterocycles. The van der Waals surface area contributed by atoms with Crippen LogP contribution in [0.1, 0.15) is 81.5 Å². The number of carbonyl (C=O) groups is 1. The highest BCUT2D eigenvalue weighted by Gasteiger charge is 2.08. The van der Waals surface area contributed by atoms with Crippen molar-refractivity contribution in [2.24, 2.45) is 0 Å². The summed E-state index contributed by atoms with van der Waals surface area (Å²) in [6.45, 7) is 2.27. The molecule has 2 aromatic carbocycles. The molecule has 0 saturated carbocycles. The van der Waals surface area contributed by atoms with Crippen molar-refractivity contribution in [1.82, 2.24) is 0 Å². The van der Waals surface area contributed by atoms with Crippen molar-refractivity contribution < 1.29 is 9.53 Å². The number of rotatable bonds is 14. The average Bonchev–Trinajstić information content (AvgIpc) is 2.73. The molecule has 2 nitrogen and oxygen atoms in total. The number of ether oxygens (including phenoxy) is 1. The summed E-state index contributed by atoms with van der Waals surface area (Å²) < 4.78 is 5.37. The number of hydrogen-bond acceptors (Lipinski definition) is 3. The van der Waals surface area contributed by atoms with E-state index in [1.54, 1.807) is 12.1 Å². The number of para-hydroxylation sites is 1. The number of unbranched alkanes of at least 4 members (excludes halogenated alkanes) is 9. The van der Waals surface area contributed by atoms with E-state index < -0.39 is 0 Å². The second-order valence-corrected chi connectivity index (χ2v) is 8.43. The Morgan fingerprint density at radius 3 is 1.93 bits per heavy atom. The molecule has 0 aromatic heterocycles. The topological polar surface area (TPSA) is 26.3 Å². The summed E-state index contributed by atoms with van der Waals surface area (Å²) in [5, 5.41) is 0. The minimum absolute atomic E-state index is 0.308. The van der Waals surface area contributed by atoms with E-state index in [-0.39, 0.29) is 5.97 Å². The van der Waals surface area contributed by atoms with Crippen LogP contribution in [0.2, 0.25) is 0 Å². The highest BCUT2D eigenvalue weighted by atomic mass is 32.2. The first kappa shape index (κ1) is 22.5. The minimum Gasteiger partial charge on any atom is -0.423 e. The van der Waals surface area contributed by atoms with Gasteiger partial charge in [0, 0.05) is 4.90 Å². The maximum Gasteiger partial charge on any atom is 0.343 e. The lowest BCUT2D eigenvalue weighted by Gasteiger charge is -2.06. The number of carbonyl (C=O) groups excluding carboxylic acids is 1. The van der Waals surface area contributed by atoms with E-state index in [0.717, 1.165) is 5.75 Å². The van der Waals surface area contributed by atoms with Crippen molar-refractivity contribution in [2.75, 3.05) is 5.75 Å². The van der Waals surface area contributed by atoms with Gasteiger partial charge in [0.2, 0.25) is 0 Å². The first-order valence-corrected chi connectivity index (χ1v) is 11.8. The van der Waals surface area contributed by atoms with E-state index in [0.29, 0.717) is 11.3 Å². The van der Waals surface area contributed by atoms with Crippen LogP contribution in [0.4, 0.5) is 0 Å². The molecule has 0 aliphatic rings. The quantitative estimate of drug-likeness (QED) is 0.140. The summed E-state index contributed by atoms with van der Waals surface area (Å²) in [4.78, 5) is 13.4. The van der Waals surface area contributed by atoms with Crippen LogP contribution in [-0.4, -0.2) is 11.7 Å². The molecule has 0 unspecified atom stereocenters. The maximum atomic E-state index is 12.2. The SMILES string of the molecule is CCCCCCCCCCCCSc1ccc(C(=O)Oc2ccccc2)cc1. The Kier molecular flexibility index (Phi) is 11.5. The molecular formula is C25H34O2S. The maximum absolute atomic E-state index is 12.2. The fraction of sp³-hybridized carbons (Fsp3) is 0.480. The second-order valence-electron chi connectivity index (χ2n) is 7.26. The molecule has 2 rings (SSSR count). The molecule has 0 saturated heterocycles. The molecule has 3 heteroatoms. The zero-order valence-electron chi connectivity index (χ0n) is 17.2. The van der Waals surface area contributed by atoms with Crippen molar-refractivity contribution in [1.29, 1.82) is 0 Å². The standard InChI is InChI=1S/C25H34O2S/c1-2-3-4-5-6-7-8-9-10-14-21-28-24-19-17-22(18-20-24)25(26)27-23-15-12-11-13-16-23/h11-13,15-20H,2-10,14,21H2,1H3. The monoisotopic (exact) mass is 398 g/mol. The lowest BCUT2D eigenvalue weighted by molar-refractivity contribution is 0.0734. The third kappa shape index (κ3) is 9.45. The van der Waals surface area contributed by atoms with Crippen molar-refractivity contribution >= 4 is 17.7 Å². The Labute approximate surface area is 175 Å². The number of hydrogen-bond donors (Lipinski definition) is 0. The number of esters is 1. The van der Waals surface area contributed by atoms with E-state index >= 15 is 0 Å². The Morgan fingerprint density at radius 2 is 1.32 bits per heavy atom. The van der Waals surface area contributed by atoms with Gasteiger partial charge in [0.05, 0.1) is 5.56 Å².